The van der Waals surface area contributed by atoms with Gasteiger partial charge in [-0.1, -0.05) is 0 Å². The maximum absolute atomic E-state index is 12.3. The van der Waals surface area contributed by atoms with Gasteiger partial charge in [0.15, 0.2) is 0 Å². The van der Waals surface area contributed by atoms with Gasteiger partial charge in [-0.15, -0.1) is 0 Å². The van der Waals surface area contributed by atoms with Gasteiger partial charge in [0.2, 0.25) is 0 Å². The first-order valence-corrected chi connectivity index (χ1v) is 8.04. The van der Waals surface area contributed by atoms with E-state index in [1.807, 2.05) is 56.1 Å². The molecule has 3 heterocycles. The standard InChI is InChI=1S/C17H21N7O/c1-12-16(13(2)23(3)22-12)17(25)19-7-6-18-14-10-15(21-11-20-14)24-8-4-5-9-24/h4-5,8-11H,6-7H2,1-3H3,(H,19,25)(H,18,20,21). The molecule has 0 aliphatic rings. The lowest BCUT2D eigenvalue weighted by atomic mass is 10.2. The molecule has 3 rings (SSSR count). The summed E-state index contributed by atoms with van der Waals surface area (Å²) in [4.78, 5) is 20.7. The first kappa shape index (κ1) is 16.7. The summed E-state index contributed by atoms with van der Waals surface area (Å²) in [6.45, 7) is 4.77. The van der Waals surface area contributed by atoms with Crippen molar-refractivity contribution in [2.75, 3.05) is 18.4 Å². The van der Waals surface area contributed by atoms with E-state index in [0.29, 0.717) is 24.5 Å². The highest BCUT2D eigenvalue weighted by atomic mass is 16.1. The van der Waals surface area contributed by atoms with Crippen LogP contribution in [0.4, 0.5) is 5.82 Å². The molecule has 0 atom stereocenters. The monoisotopic (exact) mass is 339 g/mol. The number of carbonyl (C=O) groups is 1. The number of amides is 1. The van der Waals surface area contributed by atoms with Crippen molar-refractivity contribution >= 4 is 11.7 Å². The van der Waals surface area contributed by atoms with Crippen molar-refractivity contribution < 1.29 is 4.79 Å². The van der Waals surface area contributed by atoms with E-state index in [1.165, 1.54) is 6.33 Å². The number of anilines is 1. The van der Waals surface area contributed by atoms with Gasteiger partial charge in [0, 0.05) is 44.3 Å². The Kier molecular flexibility index (Phi) is 4.78. The van der Waals surface area contributed by atoms with Crippen LogP contribution in [0.1, 0.15) is 21.7 Å². The molecular weight excluding hydrogens is 318 g/mol. The molecule has 25 heavy (non-hydrogen) atoms. The summed E-state index contributed by atoms with van der Waals surface area (Å²) in [5, 5.41) is 10.4. The van der Waals surface area contributed by atoms with Gasteiger partial charge in [-0.3, -0.25) is 9.48 Å². The molecule has 1 amide bonds. The lowest BCUT2D eigenvalue weighted by Crippen LogP contribution is -2.29. The van der Waals surface area contributed by atoms with Gasteiger partial charge in [0.25, 0.3) is 5.91 Å². The molecule has 0 aromatic carbocycles. The Hall–Kier alpha value is -3.16. The van der Waals surface area contributed by atoms with E-state index in [0.717, 1.165) is 17.2 Å². The van der Waals surface area contributed by atoms with Crippen molar-refractivity contribution in [1.29, 1.82) is 0 Å². The highest BCUT2D eigenvalue weighted by Gasteiger charge is 2.16. The molecule has 0 spiro atoms. The molecule has 0 unspecified atom stereocenters. The third-order valence-corrected chi connectivity index (χ3v) is 3.97. The molecule has 0 aliphatic heterocycles. The molecule has 3 aromatic rings. The van der Waals surface area contributed by atoms with Crippen LogP contribution in [0.5, 0.6) is 0 Å². The van der Waals surface area contributed by atoms with Gasteiger partial charge >= 0.3 is 0 Å². The van der Waals surface area contributed by atoms with E-state index < -0.39 is 0 Å². The van der Waals surface area contributed by atoms with Crippen LogP contribution in [0.15, 0.2) is 36.9 Å². The topological polar surface area (TPSA) is 89.7 Å². The lowest BCUT2D eigenvalue weighted by Gasteiger charge is -2.09. The van der Waals surface area contributed by atoms with Crippen molar-refractivity contribution in [2.45, 2.75) is 13.8 Å². The highest BCUT2D eigenvalue weighted by molar-refractivity contribution is 5.96. The first-order chi connectivity index (χ1) is 12.1. The summed E-state index contributed by atoms with van der Waals surface area (Å²) in [5.41, 5.74) is 2.23. The van der Waals surface area contributed by atoms with Crippen LogP contribution in [0.3, 0.4) is 0 Å². The summed E-state index contributed by atoms with van der Waals surface area (Å²) in [5.74, 6) is 1.38. The molecule has 0 fully saturated rings. The highest BCUT2D eigenvalue weighted by Crippen LogP contribution is 2.11. The van der Waals surface area contributed by atoms with Crippen LogP contribution in [0.25, 0.3) is 5.82 Å². The second-order valence-corrected chi connectivity index (χ2v) is 5.70. The minimum atomic E-state index is -0.111. The zero-order chi connectivity index (χ0) is 17.8. The maximum atomic E-state index is 12.3. The number of rotatable bonds is 6. The summed E-state index contributed by atoms with van der Waals surface area (Å²) in [6, 6.07) is 5.73. The third-order valence-electron chi connectivity index (χ3n) is 3.97. The fraction of sp³-hybridized carbons (Fsp3) is 0.294. The predicted molar refractivity (Wildman–Crippen MR) is 94.9 cm³/mol. The van der Waals surface area contributed by atoms with Crippen LogP contribution in [0, 0.1) is 13.8 Å². The Balaban J connectivity index is 1.53. The Bertz CT molecular complexity index is 867. The molecule has 0 bridgehead atoms. The summed E-state index contributed by atoms with van der Waals surface area (Å²) in [6.07, 6.45) is 5.36. The molecule has 2 N–H and O–H groups in total. The summed E-state index contributed by atoms with van der Waals surface area (Å²) in [7, 11) is 1.83. The number of carbonyl (C=O) groups excluding carboxylic acids is 1. The Morgan fingerprint density at radius 3 is 2.60 bits per heavy atom. The van der Waals surface area contributed by atoms with E-state index in [4.69, 9.17) is 0 Å². The van der Waals surface area contributed by atoms with Crippen molar-refractivity contribution in [3.63, 3.8) is 0 Å². The second kappa shape index (κ2) is 7.16. The fourth-order valence-corrected chi connectivity index (χ4v) is 2.63. The fourth-order valence-electron chi connectivity index (χ4n) is 2.63. The van der Waals surface area contributed by atoms with Gasteiger partial charge < -0.3 is 15.2 Å². The van der Waals surface area contributed by atoms with E-state index in [-0.39, 0.29) is 5.91 Å². The van der Waals surface area contributed by atoms with E-state index in [9.17, 15) is 4.79 Å². The van der Waals surface area contributed by atoms with Crippen LogP contribution < -0.4 is 10.6 Å². The minimum Gasteiger partial charge on any atom is -0.368 e. The number of hydrogen-bond acceptors (Lipinski definition) is 5. The quantitative estimate of drug-likeness (QED) is 0.664. The molecule has 0 radical (unpaired) electrons. The van der Waals surface area contributed by atoms with Crippen LogP contribution in [-0.2, 0) is 7.05 Å². The summed E-state index contributed by atoms with van der Waals surface area (Å²) < 4.78 is 3.62. The molecule has 130 valence electrons. The summed E-state index contributed by atoms with van der Waals surface area (Å²) >= 11 is 0. The van der Waals surface area contributed by atoms with Crippen molar-refractivity contribution in [2.24, 2.45) is 7.05 Å². The zero-order valence-electron chi connectivity index (χ0n) is 14.5. The molecular formula is C17H21N7O. The van der Waals surface area contributed by atoms with Crippen molar-refractivity contribution in [3.8, 4) is 5.82 Å². The van der Waals surface area contributed by atoms with Crippen LogP contribution >= 0.6 is 0 Å². The molecule has 8 nitrogen and oxygen atoms in total. The van der Waals surface area contributed by atoms with E-state index >= 15 is 0 Å². The van der Waals surface area contributed by atoms with Gasteiger partial charge in [-0.2, -0.15) is 5.10 Å². The Morgan fingerprint density at radius 2 is 1.92 bits per heavy atom. The third kappa shape index (κ3) is 3.68. The SMILES string of the molecule is Cc1nn(C)c(C)c1C(=O)NCCNc1cc(-n2cccc2)ncn1. The minimum absolute atomic E-state index is 0.111. The lowest BCUT2D eigenvalue weighted by molar-refractivity contribution is 0.0954. The number of nitrogens with zero attached hydrogens (tertiary/aromatic N) is 5. The predicted octanol–water partition coefficient (Wildman–Crippen LogP) is 1.46. The average molecular weight is 339 g/mol. The maximum Gasteiger partial charge on any atom is 0.255 e. The smallest absolute Gasteiger partial charge is 0.255 e. The van der Waals surface area contributed by atoms with Gasteiger partial charge in [0.05, 0.1) is 11.3 Å². The molecule has 0 aliphatic carbocycles. The Morgan fingerprint density at radius 1 is 1.16 bits per heavy atom. The van der Waals surface area contributed by atoms with Gasteiger partial charge in [-0.25, -0.2) is 9.97 Å². The average Bonchev–Trinajstić information content (AvgIpc) is 3.21. The molecule has 3 aromatic heterocycles. The number of aryl methyl sites for hydroxylation is 2. The zero-order valence-corrected chi connectivity index (χ0v) is 14.5. The molecule has 0 saturated heterocycles. The number of aromatic nitrogens is 5. The van der Waals surface area contributed by atoms with Crippen LogP contribution in [0.2, 0.25) is 0 Å². The molecule has 0 saturated carbocycles. The number of hydrogen-bond donors (Lipinski definition) is 2. The van der Waals surface area contributed by atoms with E-state index in [1.54, 1.807) is 4.68 Å². The van der Waals surface area contributed by atoms with Gasteiger partial charge in [0.1, 0.15) is 18.0 Å². The number of nitrogens with one attached hydrogen (secondary N) is 2. The van der Waals surface area contributed by atoms with Crippen molar-refractivity contribution in [1.82, 2.24) is 29.6 Å². The second-order valence-electron chi connectivity index (χ2n) is 5.70. The normalized spacial score (nSPS) is 10.7. The van der Waals surface area contributed by atoms with Gasteiger partial charge in [-0.05, 0) is 26.0 Å². The van der Waals surface area contributed by atoms with Crippen molar-refractivity contribution in [3.05, 3.63) is 53.9 Å². The Labute approximate surface area is 145 Å². The van der Waals surface area contributed by atoms with E-state index in [2.05, 4.69) is 25.7 Å². The van der Waals surface area contributed by atoms with Crippen LogP contribution in [-0.4, -0.2) is 43.3 Å². The molecule has 8 heteroatoms. The largest absolute Gasteiger partial charge is 0.368 e. The first-order valence-electron chi connectivity index (χ1n) is 8.04.